The number of hydrogen-bond donors (Lipinski definition) is 0. The predicted molar refractivity (Wildman–Crippen MR) is 397 cm³/mol. The van der Waals surface area contributed by atoms with Crippen molar-refractivity contribution in [3.8, 4) is 101 Å². The van der Waals surface area contributed by atoms with Gasteiger partial charge in [-0.05, 0) is 168 Å². The maximum atomic E-state index is 10.1. The van der Waals surface area contributed by atoms with Crippen molar-refractivity contribution in [3.63, 3.8) is 0 Å². The molecule has 0 N–H and O–H groups in total. The van der Waals surface area contributed by atoms with Crippen LogP contribution in [0.2, 0.25) is 0 Å². The first-order chi connectivity index (χ1) is 45.5. The van der Waals surface area contributed by atoms with Crippen molar-refractivity contribution in [2.45, 2.75) is 0 Å². The van der Waals surface area contributed by atoms with Crippen LogP contribution in [-0.2, 0) is 0 Å². The predicted octanol–water partition coefficient (Wildman–Crippen LogP) is 25.9. The summed E-state index contributed by atoms with van der Waals surface area (Å²) in [6, 6.07) is 113. The topological polar surface area (TPSA) is 47.6 Å². The smallest absolute Gasteiger partial charge is 0.0998 e. The van der Waals surface area contributed by atoms with Gasteiger partial charge >= 0.3 is 0 Å². The van der Waals surface area contributed by atoms with Crippen LogP contribution in [0.4, 0.5) is 0 Å². The van der Waals surface area contributed by atoms with Crippen LogP contribution < -0.4 is 0 Å². The molecule has 4 aromatic heterocycles. The van der Waals surface area contributed by atoms with E-state index >= 15 is 0 Å². The van der Waals surface area contributed by atoms with E-state index in [1.165, 1.54) is 120 Å². The zero-order valence-corrected chi connectivity index (χ0v) is 52.7. The minimum Gasteiger partial charge on any atom is -0.192 e. The van der Waals surface area contributed by atoms with Crippen LogP contribution in [-0.4, -0.2) is 0 Å². The zero-order chi connectivity index (χ0) is 61.2. The Balaban J connectivity index is 0.000000141. The van der Waals surface area contributed by atoms with Crippen molar-refractivity contribution in [3.05, 3.63) is 314 Å². The number of thiophene rings is 4. The van der Waals surface area contributed by atoms with E-state index in [0.717, 1.165) is 50.1 Å². The number of nitriles is 2. The van der Waals surface area contributed by atoms with Crippen molar-refractivity contribution < 1.29 is 0 Å². The molecule has 0 aliphatic heterocycles. The molecule has 0 fully saturated rings. The number of fused-ring (bicyclic) bond motifs is 12. The summed E-state index contributed by atoms with van der Waals surface area (Å²) in [5, 5.41) is 30.5. The van der Waals surface area contributed by atoms with Gasteiger partial charge in [0.2, 0.25) is 0 Å². The van der Waals surface area contributed by atoms with Gasteiger partial charge in [0, 0.05) is 86.3 Å². The van der Waals surface area contributed by atoms with E-state index in [4.69, 9.17) is 0 Å². The van der Waals surface area contributed by atoms with Crippen LogP contribution in [0, 0.1) is 22.7 Å². The van der Waals surface area contributed by atoms with Crippen LogP contribution in [0.15, 0.2) is 303 Å². The van der Waals surface area contributed by atoms with Gasteiger partial charge in [-0.2, -0.15) is 10.5 Å². The average molecular weight is 1240 g/mol. The molecule has 0 atom stereocenters. The Kier molecular flexibility index (Phi) is 13.8. The van der Waals surface area contributed by atoms with Crippen molar-refractivity contribution >= 4 is 126 Å². The Morgan fingerprint density at radius 3 is 1.14 bits per heavy atom. The van der Waals surface area contributed by atoms with Gasteiger partial charge in [-0.25, -0.2) is 0 Å². The van der Waals surface area contributed by atoms with Crippen LogP contribution >= 0.6 is 45.3 Å². The molecule has 6 heteroatoms. The fourth-order valence-corrected chi connectivity index (χ4v) is 18.2. The highest BCUT2D eigenvalue weighted by atomic mass is 32.1. The van der Waals surface area contributed by atoms with Crippen molar-refractivity contribution in [1.29, 1.82) is 10.5 Å². The number of hydrogen-bond acceptors (Lipinski definition) is 6. The van der Waals surface area contributed by atoms with Gasteiger partial charge in [0.25, 0.3) is 0 Å². The molecule has 0 amide bonds. The third kappa shape index (κ3) is 9.65. The summed E-state index contributed by atoms with van der Waals surface area (Å²) in [4.78, 5) is 0. The van der Waals surface area contributed by atoms with E-state index in [0.29, 0.717) is 11.1 Å². The molecule has 18 aromatic rings. The quantitative estimate of drug-likeness (QED) is 0.152. The third-order valence-electron chi connectivity index (χ3n) is 17.9. The molecular formula is C86H50N2S4. The fraction of sp³-hybridized carbons (Fsp3) is 0. The molecule has 0 aliphatic carbocycles. The highest BCUT2D eigenvalue weighted by molar-refractivity contribution is 7.27. The van der Waals surface area contributed by atoms with E-state index in [2.05, 4.69) is 267 Å². The Morgan fingerprint density at radius 1 is 0.196 bits per heavy atom. The number of rotatable bonds is 8. The summed E-state index contributed by atoms with van der Waals surface area (Å²) in [6.07, 6.45) is 0. The molecule has 0 aliphatic rings. The SMILES string of the molecule is N#Cc1cc(-c2ccccc2)cc(-c2cc(-c3cccc4sc5ccccc5c34)ccc2-c2ccc3c(c2)sc2ccccc23)c1.N#Cc1ccccc1-c1ccccc1-c1cc(-c2cccc3sc4ccccc4c23)ccc1-c1ccc2c(c1)sc1ccccc12. The Hall–Kier alpha value is -11.1. The van der Waals surface area contributed by atoms with Crippen molar-refractivity contribution in [1.82, 2.24) is 0 Å². The first kappa shape index (κ1) is 55.0. The van der Waals surface area contributed by atoms with Crippen molar-refractivity contribution in [2.24, 2.45) is 0 Å². The van der Waals surface area contributed by atoms with E-state index < -0.39 is 0 Å². The summed E-state index contributed by atoms with van der Waals surface area (Å²) >= 11 is 7.38. The molecule has 4 heterocycles. The average Bonchev–Trinajstić information content (AvgIpc) is 1.50. The van der Waals surface area contributed by atoms with E-state index in [1.807, 2.05) is 93.9 Å². The van der Waals surface area contributed by atoms with Crippen LogP contribution in [0.1, 0.15) is 11.1 Å². The van der Waals surface area contributed by atoms with Gasteiger partial charge in [-0.15, -0.1) is 45.3 Å². The Labute approximate surface area is 547 Å². The lowest BCUT2D eigenvalue weighted by Gasteiger charge is -2.17. The molecule has 14 aromatic carbocycles. The molecule has 0 radical (unpaired) electrons. The molecule has 0 saturated heterocycles. The monoisotopic (exact) mass is 1240 g/mol. The minimum atomic E-state index is 0.651. The van der Waals surface area contributed by atoms with Gasteiger partial charge in [-0.1, -0.05) is 218 Å². The fourth-order valence-electron chi connectivity index (χ4n) is 13.6. The van der Waals surface area contributed by atoms with Gasteiger partial charge < -0.3 is 0 Å². The van der Waals surface area contributed by atoms with Crippen LogP contribution in [0.3, 0.4) is 0 Å². The Bertz CT molecular complexity index is 6060. The molecular weight excluding hydrogens is 1190 g/mol. The normalized spacial score (nSPS) is 11.5. The molecule has 2 nitrogen and oxygen atoms in total. The first-order valence-electron chi connectivity index (χ1n) is 30.6. The largest absolute Gasteiger partial charge is 0.192 e. The molecule has 0 spiro atoms. The Morgan fingerprint density at radius 2 is 0.587 bits per heavy atom. The lowest BCUT2D eigenvalue weighted by molar-refractivity contribution is 1.47. The highest BCUT2D eigenvalue weighted by Gasteiger charge is 2.21. The van der Waals surface area contributed by atoms with E-state index in [-0.39, 0.29) is 0 Å². The molecule has 0 unspecified atom stereocenters. The number of benzene rings is 14. The van der Waals surface area contributed by atoms with E-state index in [9.17, 15) is 10.5 Å². The second-order valence-electron chi connectivity index (χ2n) is 23.2. The summed E-state index contributed by atoms with van der Waals surface area (Å²) in [5.41, 5.74) is 19.4. The third-order valence-corrected chi connectivity index (χ3v) is 22.4. The minimum absolute atomic E-state index is 0.651. The molecule has 428 valence electrons. The van der Waals surface area contributed by atoms with Gasteiger partial charge in [-0.3, -0.25) is 0 Å². The van der Waals surface area contributed by atoms with Crippen molar-refractivity contribution in [2.75, 3.05) is 0 Å². The summed E-state index contributed by atoms with van der Waals surface area (Å²) in [6.45, 7) is 0. The highest BCUT2D eigenvalue weighted by Crippen LogP contribution is 2.48. The summed E-state index contributed by atoms with van der Waals surface area (Å²) in [7, 11) is 0. The molecule has 18 rings (SSSR count). The standard InChI is InChI=1S/2C43H25NS2/c44-26-29-10-1-2-11-30(29)33-12-3-4-13-34(33)38-24-27(32-16-9-19-41-43(32)37-15-6-8-18-40(37)45-41)20-22-31(38)28-21-23-36-35-14-5-7-17-39(35)46-42(36)25-28;44-26-27-21-31(28-9-2-1-3-10-28)23-32(22-27)38-24-29(34-13-8-16-41-43(34)37-12-5-7-15-40(37)45-41)17-19-33(38)30-18-20-36-35-11-4-6-14-39(35)46-42(36)25-30/h2*1-25H. The van der Waals surface area contributed by atoms with Crippen LogP contribution in [0.5, 0.6) is 0 Å². The maximum absolute atomic E-state index is 10.1. The van der Waals surface area contributed by atoms with Gasteiger partial charge in [0.1, 0.15) is 0 Å². The van der Waals surface area contributed by atoms with Gasteiger partial charge in [0.15, 0.2) is 0 Å². The first-order valence-corrected chi connectivity index (χ1v) is 33.9. The van der Waals surface area contributed by atoms with E-state index in [1.54, 1.807) is 0 Å². The molecule has 0 saturated carbocycles. The molecule has 92 heavy (non-hydrogen) atoms. The lowest BCUT2D eigenvalue weighted by atomic mass is 9.86. The van der Waals surface area contributed by atoms with Crippen LogP contribution in [0.25, 0.3) is 170 Å². The second kappa shape index (κ2) is 23.1. The lowest BCUT2D eigenvalue weighted by Crippen LogP contribution is -1.92. The molecule has 0 bridgehead atoms. The summed E-state index contributed by atoms with van der Waals surface area (Å²) in [5.74, 6) is 0. The maximum Gasteiger partial charge on any atom is 0.0998 e. The second-order valence-corrected chi connectivity index (χ2v) is 27.5. The zero-order valence-electron chi connectivity index (χ0n) is 49.4. The summed E-state index contributed by atoms with van der Waals surface area (Å²) < 4.78 is 10.4. The number of nitrogens with zero attached hydrogens (tertiary/aromatic N) is 2. The van der Waals surface area contributed by atoms with Gasteiger partial charge in [0.05, 0.1) is 23.3 Å².